The fourth-order valence-electron chi connectivity index (χ4n) is 1.69. The normalized spacial score (nSPS) is 9.95. The van der Waals surface area contributed by atoms with E-state index in [1.54, 1.807) is 31.3 Å². The van der Waals surface area contributed by atoms with Crippen LogP contribution in [0.5, 0.6) is 5.75 Å². The van der Waals surface area contributed by atoms with E-state index in [0.717, 1.165) is 0 Å². The first-order valence-corrected chi connectivity index (χ1v) is 6.39. The van der Waals surface area contributed by atoms with Crippen molar-refractivity contribution < 1.29 is 24.2 Å². The Morgan fingerprint density at radius 3 is 2.57 bits per heavy atom. The summed E-state index contributed by atoms with van der Waals surface area (Å²) in [6, 6.07) is 6.50. The van der Waals surface area contributed by atoms with Crippen molar-refractivity contribution in [3.63, 3.8) is 0 Å². The molecule has 3 N–H and O–H groups in total. The van der Waals surface area contributed by atoms with Gasteiger partial charge in [0.2, 0.25) is 0 Å². The number of nitrogens with two attached hydrogens (primary N) is 1. The smallest absolute Gasteiger partial charge is 0.303 e. The molecule has 1 aromatic carbocycles. The number of carbonyl (C=O) groups excluding carboxylic acids is 2. The first-order chi connectivity index (χ1) is 9.91. The molecule has 114 valence electrons. The number of nitrogens with zero attached hydrogens (tertiary/aromatic N) is 1. The Balaban J connectivity index is 2.72. The quantitative estimate of drug-likeness (QED) is 0.725. The molecule has 0 fully saturated rings. The van der Waals surface area contributed by atoms with Crippen LogP contribution in [0.1, 0.15) is 23.2 Å². The molecule has 2 amide bonds. The van der Waals surface area contributed by atoms with Gasteiger partial charge in [-0.25, -0.2) is 0 Å². The molecule has 7 heteroatoms. The molecule has 0 radical (unpaired) electrons. The number of hydrogen-bond acceptors (Lipinski definition) is 4. The van der Waals surface area contributed by atoms with Gasteiger partial charge in [0.15, 0.2) is 6.61 Å². The highest BCUT2D eigenvalue weighted by Gasteiger charge is 2.16. The molecule has 0 aromatic heterocycles. The van der Waals surface area contributed by atoms with E-state index in [4.69, 9.17) is 15.6 Å². The molecule has 0 bridgehead atoms. The highest BCUT2D eigenvalue weighted by molar-refractivity contribution is 5.96. The van der Waals surface area contributed by atoms with Gasteiger partial charge in [-0.15, -0.1) is 0 Å². The van der Waals surface area contributed by atoms with Crippen molar-refractivity contribution in [2.45, 2.75) is 12.8 Å². The maximum Gasteiger partial charge on any atom is 0.303 e. The lowest BCUT2D eigenvalue weighted by atomic mass is 10.1. The Morgan fingerprint density at radius 2 is 1.95 bits per heavy atom. The van der Waals surface area contributed by atoms with Crippen LogP contribution in [0.4, 0.5) is 0 Å². The molecular weight excluding hydrogens is 276 g/mol. The third-order valence-corrected chi connectivity index (χ3v) is 2.72. The van der Waals surface area contributed by atoms with Gasteiger partial charge in [-0.1, -0.05) is 12.1 Å². The first-order valence-electron chi connectivity index (χ1n) is 6.39. The monoisotopic (exact) mass is 294 g/mol. The van der Waals surface area contributed by atoms with E-state index in [9.17, 15) is 14.4 Å². The molecular formula is C14H18N2O5. The fourth-order valence-corrected chi connectivity index (χ4v) is 1.69. The van der Waals surface area contributed by atoms with E-state index in [0.29, 0.717) is 18.5 Å². The van der Waals surface area contributed by atoms with Crippen molar-refractivity contribution >= 4 is 17.8 Å². The zero-order valence-electron chi connectivity index (χ0n) is 11.7. The summed E-state index contributed by atoms with van der Waals surface area (Å²) < 4.78 is 5.20. The number of carboxylic acid groups (broad SMARTS) is 1. The predicted molar refractivity (Wildman–Crippen MR) is 75.0 cm³/mol. The number of para-hydroxylation sites is 1. The van der Waals surface area contributed by atoms with Crippen molar-refractivity contribution in [2.75, 3.05) is 20.2 Å². The highest BCUT2D eigenvalue weighted by Crippen LogP contribution is 2.19. The largest absolute Gasteiger partial charge is 0.483 e. The van der Waals surface area contributed by atoms with Crippen LogP contribution in [0.3, 0.4) is 0 Å². The SMILES string of the molecule is CN(CCCC(=O)O)C(=O)c1ccccc1OCC(N)=O. The molecule has 0 aliphatic heterocycles. The van der Waals surface area contributed by atoms with Gasteiger partial charge in [-0.3, -0.25) is 14.4 Å². The number of hydrogen-bond donors (Lipinski definition) is 2. The summed E-state index contributed by atoms with van der Waals surface area (Å²) in [5.74, 6) is -1.57. The van der Waals surface area contributed by atoms with E-state index in [1.165, 1.54) is 4.90 Å². The number of amides is 2. The van der Waals surface area contributed by atoms with E-state index >= 15 is 0 Å². The van der Waals surface area contributed by atoms with Crippen LogP contribution < -0.4 is 10.5 Å². The van der Waals surface area contributed by atoms with E-state index in [2.05, 4.69) is 0 Å². The van der Waals surface area contributed by atoms with E-state index in [1.807, 2.05) is 0 Å². The molecule has 0 atom stereocenters. The average molecular weight is 294 g/mol. The molecule has 0 saturated heterocycles. The van der Waals surface area contributed by atoms with Gasteiger partial charge in [0, 0.05) is 20.0 Å². The van der Waals surface area contributed by atoms with E-state index < -0.39 is 11.9 Å². The predicted octanol–water partition coefficient (Wildman–Crippen LogP) is 0.488. The van der Waals surface area contributed by atoms with Crippen LogP contribution >= 0.6 is 0 Å². The van der Waals surface area contributed by atoms with Crippen LogP contribution in [-0.2, 0) is 9.59 Å². The molecule has 0 spiro atoms. The Kier molecular flexibility index (Phi) is 6.19. The van der Waals surface area contributed by atoms with Gasteiger partial charge in [-0.2, -0.15) is 0 Å². The Morgan fingerprint density at radius 1 is 1.29 bits per heavy atom. The molecule has 0 heterocycles. The van der Waals surface area contributed by atoms with Gasteiger partial charge >= 0.3 is 5.97 Å². The molecule has 1 aromatic rings. The lowest BCUT2D eigenvalue weighted by Gasteiger charge is -2.18. The third kappa shape index (κ3) is 5.52. The maximum absolute atomic E-state index is 12.3. The van der Waals surface area contributed by atoms with Gasteiger partial charge in [0.25, 0.3) is 11.8 Å². The molecule has 1 rings (SSSR count). The van der Waals surface area contributed by atoms with Crippen LogP contribution in [0.25, 0.3) is 0 Å². The van der Waals surface area contributed by atoms with Crippen molar-refractivity contribution in [3.05, 3.63) is 29.8 Å². The van der Waals surface area contributed by atoms with Crippen molar-refractivity contribution in [1.29, 1.82) is 0 Å². The minimum Gasteiger partial charge on any atom is -0.483 e. The zero-order valence-corrected chi connectivity index (χ0v) is 11.7. The first kappa shape index (κ1) is 16.5. The number of primary amides is 1. The third-order valence-electron chi connectivity index (χ3n) is 2.72. The van der Waals surface area contributed by atoms with Crippen LogP contribution in [0.2, 0.25) is 0 Å². The zero-order chi connectivity index (χ0) is 15.8. The van der Waals surface area contributed by atoms with E-state index in [-0.39, 0.29) is 24.7 Å². The molecule has 0 unspecified atom stereocenters. The van der Waals surface area contributed by atoms with Gasteiger partial charge in [0.1, 0.15) is 5.75 Å². The van der Waals surface area contributed by atoms with Gasteiger partial charge < -0.3 is 20.5 Å². The van der Waals surface area contributed by atoms with Crippen LogP contribution in [-0.4, -0.2) is 48.0 Å². The van der Waals surface area contributed by atoms with Crippen molar-refractivity contribution in [1.82, 2.24) is 4.90 Å². The molecule has 7 nitrogen and oxygen atoms in total. The number of benzene rings is 1. The topological polar surface area (TPSA) is 110 Å². The highest BCUT2D eigenvalue weighted by atomic mass is 16.5. The summed E-state index contributed by atoms with van der Waals surface area (Å²) in [5, 5.41) is 8.58. The van der Waals surface area contributed by atoms with Gasteiger partial charge in [0.05, 0.1) is 5.56 Å². The van der Waals surface area contributed by atoms with Crippen LogP contribution in [0, 0.1) is 0 Å². The maximum atomic E-state index is 12.3. The Bertz CT molecular complexity index is 530. The second kappa shape index (κ2) is 7.88. The summed E-state index contributed by atoms with van der Waals surface area (Å²) in [4.78, 5) is 34.9. The summed E-state index contributed by atoms with van der Waals surface area (Å²) in [5.41, 5.74) is 5.31. The fraction of sp³-hybridized carbons (Fsp3) is 0.357. The van der Waals surface area contributed by atoms with Crippen molar-refractivity contribution in [2.24, 2.45) is 5.73 Å². The van der Waals surface area contributed by atoms with Gasteiger partial charge in [-0.05, 0) is 18.6 Å². The Hall–Kier alpha value is -2.57. The number of carbonyl (C=O) groups is 3. The standard InChI is InChI=1S/C14H18N2O5/c1-16(8-4-7-13(18)19)14(20)10-5-2-3-6-11(10)21-9-12(15)17/h2-3,5-6H,4,7-9H2,1H3,(H2,15,17)(H,18,19). The molecule has 0 aliphatic carbocycles. The Labute approximate surface area is 122 Å². The molecule has 0 saturated carbocycles. The lowest BCUT2D eigenvalue weighted by molar-refractivity contribution is -0.137. The summed E-state index contributed by atoms with van der Waals surface area (Å²) in [6.07, 6.45) is 0.360. The second-order valence-corrected chi connectivity index (χ2v) is 4.48. The number of aliphatic carboxylic acids is 1. The summed E-state index contributed by atoms with van der Waals surface area (Å²) in [6.45, 7) is 0.00229. The minimum absolute atomic E-state index is 0.00254. The minimum atomic E-state index is -0.902. The summed E-state index contributed by atoms with van der Waals surface area (Å²) in [7, 11) is 1.58. The number of rotatable bonds is 8. The molecule has 21 heavy (non-hydrogen) atoms. The molecule has 0 aliphatic rings. The lowest BCUT2D eigenvalue weighted by Crippen LogP contribution is -2.29. The second-order valence-electron chi connectivity index (χ2n) is 4.48. The van der Waals surface area contributed by atoms with Crippen LogP contribution in [0.15, 0.2) is 24.3 Å². The number of ether oxygens (including phenoxy) is 1. The average Bonchev–Trinajstić information content (AvgIpc) is 2.44. The summed E-state index contributed by atoms with van der Waals surface area (Å²) >= 11 is 0. The van der Waals surface area contributed by atoms with Crippen molar-refractivity contribution in [3.8, 4) is 5.75 Å². The number of carboxylic acids is 1.